The highest BCUT2D eigenvalue weighted by Gasteiger charge is 2.20. The van der Waals surface area contributed by atoms with Gasteiger partial charge in [0.05, 0.1) is 12.2 Å². The lowest BCUT2D eigenvalue weighted by Gasteiger charge is -2.26. The van der Waals surface area contributed by atoms with Crippen LogP contribution in [-0.4, -0.2) is 37.8 Å². The molecule has 0 unspecified atom stereocenters. The van der Waals surface area contributed by atoms with Gasteiger partial charge in [0, 0.05) is 36.8 Å². The van der Waals surface area contributed by atoms with Gasteiger partial charge in [-0.05, 0) is 6.26 Å². The van der Waals surface area contributed by atoms with Crippen molar-refractivity contribution in [3.8, 4) is 11.4 Å². The van der Waals surface area contributed by atoms with Gasteiger partial charge < -0.3 is 4.52 Å². The maximum atomic E-state index is 5.41. The molecule has 122 valence electrons. The Morgan fingerprint density at radius 2 is 2.08 bits per heavy atom. The highest BCUT2D eigenvalue weighted by molar-refractivity contribution is 7.98. The van der Waals surface area contributed by atoms with Gasteiger partial charge in [0.1, 0.15) is 0 Å². The second-order valence-corrected chi connectivity index (χ2v) is 6.44. The normalized spacial score (nSPS) is 14.5. The van der Waals surface area contributed by atoms with Crippen molar-refractivity contribution in [2.75, 3.05) is 12.8 Å². The van der Waals surface area contributed by atoms with Crippen molar-refractivity contribution in [1.29, 1.82) is 0 Å². The molecule has 24 heavy (non-hydrogen) atoms. The van der Waals surface area contributed by atoms with Crippen LogP contribution >= 0.6 is 11.8 Å². The summed E-state index contributed by atoms with van der Waals surface area (Å²) >= 11 is 1.58. The molecule has 0 saturated carbocycles. The molecule has 1 aliphatic heterocycles. The second kappa shape index (κ2) is 6.70. The molecule has 3 heterocycles. The van der Waals surface area contributed by atoms with Crippen LogP contribution in [0.3, 0.4) is 0 Å². The number of hydrogen-bond acceptors (Lipinski definition) is 7. The van der Waals surface area contributed by atoms with Crippen LogP contribution in [0.15, 0.2) is 46.2 Å². The number of hydrogen-bond donors (Lipinski definition) is 0. The molecule has 3 aromatic rings. The standard InChI is InChI=1S/C17H17N5OS/c1-24-17-18-9-13-10-22(8-7-14(13)19-17)11-15-20-16(21-23-15)12-5-3-2-4-6-12/h2-6,9H,7-8,10-11H2,1H3. The largest absolute Gasteiger partial charge is 0.338 e. The van der Waals surface area contributed by atoms with Gasteiger partial charge in [0.2, 0.25) is 11.7 Å². The van der Waals surface area contributed by atoms with Crippen LogP contribution in [0.5, 0.6) is 0 Å². The first-order valence-electron chi connectivity index (χ1n) is 7.81. The molecule has 0 fully saturated rings. The Labute approximate surface area is 144 Å². The molecule has 0 aliphatic carbocycles. The van der Waals surface area contributed by atoms with Crippen molar-refractivity contribution >= 4 is 11.8 Å². The quantitative estimate of drug-likeness (QED) is 0.535. The molecule has 0 N–H and O–H groups in total. The predicted octanol–water partition coefficient (Wildman–Crippen LogP) is 2.81. The summed E-state index contributed by atoms with van der Waals surface area (Å²) in [7, 11) is 0. The highest BCUT2D eigenvalue weighted by Crippen LogP contribution is 2.21. The topological polar surface area (TPSA) is 67.9 Å². The molecule has 1 aromatic carbocycles. The van der Waals surface area contributed by atoms with E-state index in [9.17, 15) is 0 Å². The lowest BCUT2D eigenvalue weighted by atomic mass is 10.1. The lowest BCUT2D eigenvalue weighted by Crippen LogP contribution is -2.31. The molecule has 0 amide bonds. The fraction of sp³-hybridized carbons (Fsp3) is 0.294. The van der Waals surface area contributed by atoms with Gasteiger partial charge >= 0.3 is 0 Å². The van der Waals surface area contributed by atoms with E-state index in [1.54, 1.807) is 11.8 Å². The number of thioether (sulfide) groups is 1. The smallest absolute Gasteiger partial charge is 0.241 e. The van der Waals surface area contributed by atoms with Gasteiger partial charge in [0.15, 0.2) is 5.16 Å². The van der Waals surface area contributed by atoms with E-state index < -0.39 is 0 Å². The third kappa shape index (κ3) is 3.18. The van der Waals surface area contributed by atoms with Crippen molar-refractivity contribution in [3.63, 3.8) is 0 Å². The lowest BCUT2D eigenvalue weighted by molar-refractivity contribution is 0.208. The van der Waals surface area contributed by atoms with Crippen molar-refractivity contribution in [1.82, 2.24) is 25.0 Å². The number of benzene rings is 1. The molecule has 7 heteroatoms. The molecule has 0 bridgehead atoms. The Balaban J connectivity index is 1.46. The molecule has 0 spiro atoms. The summed E-state index contributed by atoms with van der Waals surface area (Å²) in [5, 5.41) is 4.92. The van der Waals surface area contributed by atoms with E-state index in [0.29, 0.717) is 18.3 Å². The Bertz CT molecular complexity index is 836. The monoisotopic (exact) mass is 339 g/mol. The van der Waals surface area contributed by atoms with E-state index in [2.05, 4.69) is 25.0 Å². The van der Waals surface area contributed by atoms with E-state index in [-0.39, 0.29) is 0 Å². The SMILES string of the molecule is CSc1ncc2c(n1)CCN(Cc1nc(-c3ccccc3)no1)C2. The third-order valence-corrected chi connectivity index (χ3v) is 4.59. The average Bonchev–Trinajstić information content (AvgIpc) is 3.10. The molecular formula is C17H17N5OS. The van der Waals surface area contributed by atoms with Crippen LogP contribution in [0.25, 0.3) is 11.4 Å². The van der Waals surface area contributed by atoms with Crippen molar-refractivity contribution < 1.29 is 4.52 Å². The molecule has 6 nitrogen and oxygen atoms in total. The Kier molecular flexibility index (Phi) is 4.27. The van der Waals surface area contributed by atoms with E-state index in [1.807, 2.05) is 42.8 Å². The molecule has 0 saturated heterocycles. The average molecular weight is 339 g/mol. The van der Waals surface area contributed by atoms with Crippen molar-refractivity contribution in [2.24, 2.45) is 0 Å². The number of rotatable bonds is 4. The maximum Gasteiger partial charge on any atom is 0.241 e. The minimum atomic E-state index is 0.635. The van der Waals surface area contributed by atoms with Crippen molar-refractivity contribution in [2.45, 2.75) is 24.7 Å². The first kappa shape index (κ1) is 15.3. The fourth-order valence-electron chi connectivity index (χ4n) is 2.80. The van der Waals surface area contributed by atoms with Gasteiger partial charge in [0.25, 0.3) is 0 Å². The first-order valence-corrected chi connectivity index (χ1v) is 9.03. The van der Waals surface area contributed by atoms with Crippen LogP contribution in [0.2, 0.25) is 0 Å². The van der Waals surface area contributed by atoms with Gasteiger partial charge in [-0.15, -0.1) is 0 Å². The fourth-order valence-corrected chi connectivity index (χ4v) is 3.16. The van der Waals surface area contributed by atoms with E-state index in [0.717, 1.165) is 35.9 Å². The Morgan fingerprint density at radius 1 is 1.21 bits per heavy atom. The summed E-state index contributed by atoms with van der Waals surface area (Å²) in [5.74, 6) is 1.27. The van der Waals surface area contributed by atoms with Gasteiger partial charge in [-0.1, -0.05) is 47.3 Å². The number of aromatic nitrogens is 4. The summed E-state index contributed by atoms with van der Waals surface area (Å²) < 4.78 is 5.41. The van der Waals surface area contributed by atoms with E-state index in [1.165, 1.54) is 5.56 Å². The second-order valence-electron chi connectivity index (χ2n) is 5.67. The van der Waals surface area contributed by atoms with Gasteiger partial charge in [-0.25, -0.2) is 9.97 Å². The van der Waals surface area contributed by atoms with Crippen LogP contribution < -0.4 is 0 Å². The predicted molar refractivity (Wildman–Crippen MR) is 91.4 cm³/mol. The molecule has 0 radical (unpaired) electrons. The summed E-state index contributed by atoms with van der Waals surface area (Å²) in [6, 6.07) is 9.87. The van der Waals surface area contributed by atoms with E-state index >= 15 is 0 Å². The van der Waals surface area contributed by atoms with Crippen LogP contribution in [-0.2, 0) is 19.5 Å². The highest BCUT2D eigenvalue weighted by atomic mass is 32.2. The van der Waals surface area contributed by atoms with Gasteiger partial charge in [-0.3, -0.25) is 4.90 Å². The zero-order chi connectivity index (χ0) is 16.4. The minimum absolute atomic E-state index is 0.635. The summed E-state index contributed by atoms with van der Waals surface area (Å²) in [6.07, 6.45) is 4.85. The summed E-state index contributed by atoms with van der Waals surface area (Å²) in [6.45, 7) is 2.39. The summed E-state index contributed by atoms with van der Waals surface area (Å²) in [5.41, 5.74) is 3.30. The van der Waals surface area contributed by atoms with Crippen LogP contribution in [0.4, 0.5) is 0 Å². The molecule has 0 atom stereocenters. The molecule has 1 aliphatic rings. The molecular weight excluding hydrogens is 322 g/mol. The Morgan fingerprint density at radius 3 is 2.92 bits per heavy atom. The minimum Gasteiger partial charge on any atom is -0.338 e. The summed E-state index contributed by atoms with van der Waals surface area (Å²) in [4.78, 5) is 15.7. The zero-order valence-electron chi connectivity index (χ0n) is 13.3. The van der Waals surface area contributed by atoms with Gasteiger partial charge in [-0.2, -0.15) is 4.98 Å². The van der Waals surface area contributed by atoms with Crippen LogP contribution in [0.1, 0.15) is 17.1 Å². The number of fused-ring (bicyclic) bond motifs is 1. The Hall–Kier alpha value is -2.25. The number of nitrogens with zero attached hydrogens (tertiary/aromatic N) is 5. The van der Waals surface area contributed by atoms with E-state index in [4.69, 9.17) is 4.52 Å². The maximum absolute atomic E-state index is 5.41. The first-order chi connectivity index (χ1) is 11.8. The van der Waals surface area contributed by atoms with Crippen LogP contribution in [0, 0.1) is 0 Å². The third-order valence-electron chi connectivity index (χ3n) is 4.03. The molecule has 4 rings (SSSR count). The van der Waals surface area contributed by atoms with Crippen molar-refractivity contribution in [3.05, 3.63) is 53.7 Å². The zero-order valence-corrected chi connectivity index (χ0v) is 14.2. The molecule has 2 aromatic heterocycles.